The summed E-state index contributed by atoms with van der Waals surface area (Å²) in [6.45, 7) is 7.36. The Hall–Kier alpha value is -3.43. The van der Waals surface area contributed by atoms with Gasteiger partial charge >= 0.3 is 6.09 Å². The number of carbonyl (C=O) groups excluding carboxylic acids is 1. The van der Waals surface area contributed by atoms with Gasteiger partial charge in [0.2, 0.25) is 5.43 Å². The van der Waals surface area contributed by atoms with Crippen molar-refractivity contribution in [3.8, 4) is 0 Å². The fourth-order valence-electron chi connectivity index (χ4n) is 5.03. The van der Waals surface area contributed by atoms with E-state index in [0.717, 1.165) is 18.9 Å². The number of pyridine rings is 2. The standard InChI is InChI=1S/C25H28F2N4O4/c1-12-16(29-24(34)35-25(2,3)4)8-10-30(12)21-15(26)11-14-20(19(21)27)31(13-5-6-13)17-7-9-28-23(33)18(17)22(14)32/h7,9,11-13,16H,5-6,8,10H2,1-4H3,(H,28,33)(H,29,34). The van der Waals surface area contributed by atoms with Gasteiger partial charge in [0.15, 0.2) is 5.82 Å². The zero-order valence-electron chi connectivity index (χ0n) is 20.1. The van der Waals surface area contributed by atoms with Gasteiger partial charge in [-0.25, -0.2) is 13.6 Å². The number of hydrogen-bond donors (Lipinski definition) is 2. The third-order valence-corrected chi connectivity index (χ3v) is 6.74. The number of carbonyl (C=O) groups is 1. The first kappa shape index (κ1) is 23.3. The molecule has 3 heterocycles. The first-order valence-electron chi connectivity index (χ1n) is 11.8. The molecule has 186 valence electrons. The average molecular weight is 487 g/mol. The zero-order valence-corrected chi connectivity index (χ0v) is 20.1. The molecule has 1 saturated heterocycles. The summed E-state index contributed by atoms with van der Waals surface area (Å²) in [5.41, 5.74) is -1.85. The largest absolute Gasteiger partial charge is 0.444 e. The SMILES string of the molecule is CC1C(NC(=O)OC(C)(C)C)CCN1c1c(F)cc2c(=O)c3c(=O)[nH]ccc3n(C3CC3)c2c1F. The van der Waals surface area contributed by atoms with Gasteiger partial charge in [0.25, 0.3) is 5.56 Å². The van der Waals surface area contributed by atoms with E-state index >= 15 is 8.78 Å². The number of aromatic nitrogens is 2. The van der Waals surface area contributed by atoms with Crippen LogP contribution in [0.3, 0.4) is 0 Å². The van der Waals surface area contributed by atoms with Gasteiger partial charge in [-0.2, -0.15) is 0 Å². The molecule has 35 heavy (non-hydrogen) atoms. The van der Waals surface area contributed by atoms with Gasteiger partial charge in [-0.05, 0) is 59.1 Å². The number of amides is 1. The van der Waals surface area contributed by atoms with Crippen molar-refractivity contribution in [3.63, 3.8) is 0 Å². The first-order chi connectivity index (χ1) is 16.5. The lowest BCUT2D eigenvalue weighted by atomic mass is 10.1. The van der Waals surface area contributed by atoms with E-state index in [1.165, 1.54) is 6.20 Å². The average Bonchev–Trinajstić information content (AvgIpc) is 3.53. The second-order valence-corrected chi connectivity index (χ2v) is 10.4. The summed E-state index contributed by atoms with van der Waals surface area (Å²) in [4.78, 5) is 41.9. The molecule has 2 N–H and O–H groups in total. The van der Waals surface area contributed by atoms with Crippen molar-refractivity contribution >= 4 is 33.6 Å². The lowest BCUT2D eigenvalue weighted by Gasteiger charge is -2.29. The molecule has 0 radical (unpaired) electrons. The van der Waals surface area contributed by atoms with Crippen molar-refractivity contribution in [2.75, 3.05) is 11.4 Å². The number of fused-ring (bicyclic) bond motifs is 2. The summed E-state index contributed by atoms with van der Waals surface area (Å²) in [5.74, 6) is -1.72. The topological polar surface area (TPSA) is 96.4 Å². The van der Waals surface area contributed by atoms with Gasteiger partial charge in [0.1, 0.15) is 22.5 Å². The first-order valence-corrected chi connectivity index (χ1v) is 11.8. The molecule has 8 nitrogen and oxygen atoms in total. The van der Waals surface area contributed by atoms with E-state index in [2.05, 4.69) is 10.3 Å². The summed E-state index contributed by atoms with van der Waals surface area (Å²) < 4.78 is 38.6. The molecular formula is C25H28F2N4O4. The van der Waals surface area contributed by atoms with E-state index in [1.807, 2.05) is 0 Å². The quantitative estimate of drug-likeness (QED) is 0.547. The molecule has 2 aromatic heterocycles. The summed E-state index contributed by atoms with van der Waals surface area (Å²) >= 11 is 0. The Kier molecular flexibility index (Phi) is 5.37. The Balaban J connectivity index is 1.62. The highest BCUT2D eigenvalue weighted by Gasteiger charge is 2.37. The van der Waals surface area contributed by atoms with Crippen LogP contribution in [-0.2, 0) is 4.74 Å². The smallest absolute Gasteiger partial charge is 0.407 e. The molecular weight excluding hydrogens is 458 g/mol. The van der Waals surface area contributed by atoms with E-state index < -0.39 is 40.4 Å². The monoisotopic (exact) mass is 486 g/mol. The van der Waals surface area contributed by atoms with E-state index in [4.69, 9.17) is 4.74 Å². The Morgan fingerprint density at radius 1 is 1.20 bits per heavy atom. The number of alkyl carbamates (subject to hydrolysis) is 1. The number of nitrogens with zero attached hydrogens (tertiary/aromatic N) is 2. The van der Waals surface area contributed by atoms with Gasteiger partial charge in [0, 0.05) is 24.8 Å². The molecule has 0 bridgehead atoms. The molecule has 3 aromatic rings. The maximum Gasteiger partial charge on any atom is 0.407 e. The summed E-state index contributed by atoms with van der Waals surface area (Å²) in [6, 6.07) is 1.74. The van der Waals surface area contributed by atoms with Crippen molar-refractivity contribution in [3.05, 3.63) is 50.5 Å². The summed E-state index contributed by atoms with van der Waals surface area (Å²) in [5, 5.41) is 2.54. The van der Waals surface area contributed by atoms with E-state index in [9.17, 15) is 14.4 Å². The van der Waals surface area contributed by atoms with Crippen LogP contribution in [0.25, 0.3) is 21.8 Å². The number of H-pyrrole nitrogens is 1. The summed E-state index contributed by atoms with van der Waals surface area (Å²) in [6.07, 6.45) is 2.85. The maximum absolute atomic E-state index is 16.2. The van der Waals surface area contributed by atoms with Gasteiger partial charge < -0.3 is 24.5 Å². The maximum atomic E-state index is 16.2. The molecule has 1 aliphatic heterocycles. The minimum Gasteiger partial charge on any atom is -0.444 e. The number of ether oxygens (including phenoxy) is 1. The molecule has 1 amide bonds. The van der Waals surface area contributed by atoms with Crippen LogP contribution in [0.4, 0.5) is 19.3 Å². The van der Waals surface area contributed by atoms with Crippen molar-refractivity contribution in [2.45, 2.75) is 70.7 Å². The zero-order chi connectivity index (χ0) is 25.2. The van der Waals surface area contributed by atoms with Crippen LogP contribution >= 0.6 is 0 Å². The van der Waals surface area contributed by atoms with Gasteiger partial charge in [-0.3, -0.25) is 9.59 Å². The molecule has 2 fully saturated rings. The second-order valence-electron chi connectivity index (χ2n) is 10.4. The van der Waals surface area contributed by atoms with Crippen LogP contribution in [0.2, 0.25) is 0 Å². The van der Waals surface area contributed by atoms with E-state index in [1.54, 1.807) is 43.2 Å². The Morgan fingerprint density at radius 3 is 2.57 bits per heavy atom. The molecule has 2 unspecified atom stereocenters. The fourth-order valence-corrected chi connectivity index (χ4v) is 5.03. The highest BCUT2D eigenvalue weighted by atomic mass is 19.1. The molecule has 2 atom stereocenters. The number of aromatic amines is 1. The van der Waals surface area contributed by atoms with Crippen LogP contribution in [0, 0.1) is 11.6 Å². The number of anilines is 1. The highest BCUT2D eigenvalue weighted by molar-refractivity contribution is 5.95. The summed E-state index contributed by atoms with van der Waals surface area (Å²) in [7, 11) is 0. The third-order valence-electron chi connectivity index (χ3n) is 6.74. The van der Waals surface area contributed by atoms with Crippen molar-refractivity contribution in [1.29, 1.82) is 0 Å². The lowest BCUT2D eigenvalue weighted by Crippen LogP contribution is -2.45. The molecule has 1 saturated carbocycles. The van der Waals surface area contributed by atoms with Crippen LogP contribution in [0.5, 0.6) is 0 Å². The molecule has 1 aromatic carbocycles. The van der Waals surface area contributed by atoms with Crippen molar-refractivity contribution in [2.24, 2.45) is 0 Å². The fraction of sp³-hybridized carbons (Fsp3) is 0.480. The minimum absolute atomic E-state index is 0.00255. The third kappa shape index (κ3) is 3.94. The van der Waals surface area contributed by atoms with Crippen LogP contribution < -0.4 is 21.2 Å². The van der Waals surface area contributed by atoms with E-state index in [0.29, 0.717) is 18.5 Å². The number of rotatable bonds is 3. The van der Waals surface area contributed by atoms with Crippen molar-refractivity contribution in [1.82, 2.24) is 14.9 Å². The predicted octanol–water partition coefficient (Wildman–Crippen LogP) is 3.95. The highest BCUT2D eigenvalue weighted by Crippen LogP contribution is 2.42. The molecule has 0 spiro atoms. The van der Waals surface area contributed by atoms with Gasteiger partial charge in [-0.1, -0.05) is 0 Å². The Labute approximate surface area is 199 Å². The Morgan fingerprint density at radius 2 is 1.91 bits per heavy atom. The van der Waals surface area contributed by atoms with Gasteiger partial charge in [-0.15, -0.1) is 0 Å². The Bertz CT molecular complexity index is 1470. The number of nitrogens with one attached hydrogen (secondary N) is 2. The van der Waals surface area contributed by atoms with Crippen molar-refractivity contribution < 1.29 is 18.3 Å². The number of benzene rings is 1. The van der Waals surface area contributed by atoms with Gasteiger partial charge in [0.05, 0.1) is 22.5 Å². The van der Waals surface area contributed by atoms with E-state index in [-0.39, 0.29) is 34.1 Å². The predicted molar refractivity (Wildman–Crippen MR) is 129 cm³/mol. The lowest BCUT2D eigenvalue weighted by molar-refractivity contribution is 0.0502. The van der Waals surface area contributed by atoms with Crippen LogP contribution in [0.1, 0.15) is 53.0 Å². The van der Waals surface area contributed by atoms with Crippen LogP contribution in [-0.4, -0.2) is 39.9 Å². The minimum atomic E-state index is -0.883. The number of hydrogen-bond acceptors (Lipinski definition) is 5. The second kappa shape index (κ2) is 8.07. The molecule has 10 heteroatoms. The molecule has 1 aliphatic carbocycles. The van der Waals surface area contributed by atoms with Crippen LogP contribution in [0.15, 0.2) is 27.9 Å². The molecule has 2 aliphatic rings. The number of halogens is 2. The molecule has 5 rings (SSSR count). The normalized spacial score (nSPS) is 20.6.